The van der Waals surface area contributed by atoms with Gasteiger partial charge < -0.3 is 14.7 Å². The molecule has 4 rings (SSSR count). The lowest BCUT2D eigenvalue weighted by molar-refractivity contribution is -0.142. The first-order valence-electron chi connectivity index (χ1n) is 11.8. The van der Waals surface area contributed by atoms with Crippen molar-refractivity contribution in [2.75, 3.05) is 39.3 Å². The van der Waals surface area contributed by atoms with Crippen molar-refractivity contribution in [3.8, 4) is 0 Å². The van der Waals surface area contributed by atoms with E-state index in [0.29, 0.717) is 38.5 Å². The zero-order valence-electron chi connectivity index (χ0n) is 18.2. The number of hydrogen-bond acceptors (Lipinski definition) is 3. The Morgan fingerprint density at radius 1 is 0.897 bits per heavy atom. The van der Waals surface area contributed by atoms with E-state index in [4.69, 9.17) is 0 Å². The highest BCUT2D eigenvalue weighted by Crippen LogP contribution is 2.45. The maximum atomic E-state index is 13.6. The van der Waals surface area contributed by atoms with Gasteiger partial charge in [0.25, 0.3) is 0 Å². The van der Waals surface area contributed by atoms with Crippen LogP contribution in [0.1, 0.15) is 65.2 Å². The van der Waals surface area contributed by atoms with E-state index in [1.165, 1.54) is 25.7 Å². The van der Waals surface area contributed by atoms with Gasteiger partial charge >= 0.3 is 0 Å². The molecule has 6 nitrogen and oxygen atoms in total. The van der Waals surface area contributed by atoms with Crippen LogP contribution in [0, 0.1) is 23.2 Å². The summed E-state index contributed by atoms with van der Waals surface area (Å²) in [5.41, 5.74) is -0.585. The Balaban J connectivity index is 1.46. The molecule has 0 radical (unpaired) electrons. The van der Waals surface area contributed by atoms with Gasteiger partial charge in [-0.25, -0.2) is 0 Å². The largest absolute Gasteiger partial charge is 0.342 e. The third kappa shape index (κ3) is 3.91. The molecule has 3 saturated heterocycles. The molecule has 2 atom stereocenters. The molecule has 1 saturated carbocycles. The van der Waals surface area contributed by atoms with Crippen molar-refractivity contribution in [2.24, 2.45) is 23.2 Å². The molecule has 4 aliphatic rings. The quantitative estimate of drug-likeness (QED) is 0.709. The van der Waals surface area contributed by atoms with Crippen LogP contribution in [0.5, 0.6) is 0 Å². The van der Waals surface area contributed by atoms with Crippen molar-refractivity contribution in [2.45, 2.75) is 65.2 Å². The van der Waals surface area contributed by atoms with E-state index < -0.39 is 5.41 Å². The number of rotatable bonds is 5. The van der Waals surface area contributed by atoms with Crippen LogP contribution in [-0.2, 0) is 14.4 Å². The van der Waals surface area contributed by atoms with Crippen molar-refractivity contribution in [3.05, 3.63) is 0 Å². The lowest BCUT2D eigenvalue weighted by Crippen LogP contribution is -2.49. The van der Waals surface area contributed by atoms with E-state index in [2.05, 4.69) is 0 Å². The van der Waals surface area contributed by atoms with E-state index in [1.54, 1.807) is 0 Å². The topological polar surface area (TPSA) is 60.9 Å². The summed E-state index contributed by atoms with van der Waals surface area (Å²) in [6, 6.07) is 0. The molecule has 0 aromatic carbocycles. The Hall–Kier alpha value is -1.59. The SMILES string of the molecule is CC(C)C(=O)N1C[C@H]2CN(C(=O)CCC3CCCC3)C[C@@]2(C(=O)N2CCCC2)C1. The van der Waals surface area contributed by atoms with Gasteiger partial charge in [0.2, 0.25) is 17.7 Å². The van der Waals surface area contributed by atoms with Crippen LogP contribution in [0.2, 0.25) is 0 Å². The standard InChI is InChI=1S/C23H37N3O3/c1-17(2)21(28)26-14-19-13-25(20(27)10-9-18-7-3-4-8-18)15-23(19,16-26)22(29)24-11-5-6-12-24/h17-19H,3-16H2,1-2H3/t19-,23-/m1/s1. The molecule has 3 amide bonds. The number of carbonyl (C=O) groups excluding carboxylic acids is 3. The molecule has 4 fully saturated rings. The van der Waals surface area contributed by atoms with Gasteiger partial charge in [0.05, 0.1) is 5.41 Å². The predicted octanol–water partition coefficient (Wildman–Crippen LogP) is 2.52. The molecule has 0 aromatic rings. The first kappa shape index (κ1) is 20.7. The summed E-state index contributed by atoms with van der Waals surface area (Å²) < 4.78 is 0. The Bertz CT molecular complexity index is 652. The Morgan fingerprint density at radius 3 is 2.17 bits per heavy atom. The fourth-order valence-electron chi connectivity index (χ4n) is 6.11. The zero-order chi connectivity index (χ0) is 20.6. The van der Waals surface area contributed by atoms with Crippen LogP contribution in [0.4, 0.5) is 0 Å². The highest BCUT2D eigenvalue weighted by atomic mass is 16.2. The van der Waals surface area contributed by atoms with Crippen molar-refractivity contribution in [1.29, 1.82) is 0 Å². The van der Waals surface area contributed by atoms with Crippen LogP contribution < -0.4 is 0 Å². The van der Waals surface area contributed by atoms with Gasteiger partial charge in [-0.15, -0.1) is 0 Å². The molecule has 162 valence electrons. The molecule has 0 unspecified atom stereocenters. The van der Waals surface area contributed by atoms with Crippen molar-refractivity contribution in [3.63, 3.8) is 0 Å². The van der Waals surface area contributed by atoms with Gasteiger partial charge in [0.1, 0.15) is 0 Å². The fraction of sp³-hybridized carbons (Fsp3) is 0.870. The molecular formula is C23H37N3O3. The number of carbonyl (C=O) groups is 3. The van der Waals surface area contributed by atoms with E-state index >= 15 is 0 Å². The van der Waals surface area contributed by atoms with Gasteiger partial charge in [0, 0.05) is 57.5 Å². The van der Waals surface area contributed by atoms with Crippen LogP contribution in [-0.4, -0.2) is 71.7 Å². The highest BCUT2D eigenvalue weighted by molar-refractivity contribution is 5.88. The third-order valence-electron chi connectivity index (χ3n) is 7.83. The molecule has 6 heteroatoms. The van der Waals surface area contributed by atoms with Crippen LogP contribution in [0.3, 0.4) is 0 Å². The van der Waals surface area contributed by atoms with Gasteiger partial charge in [-0.2, -0.15) is 0 Å². The van der Waals surface area contributed by atoms with E-state index in [9.17, 15) is 14.4 Å². The smallest absolute Gasteiger partial charge is 0.232 e. The lowest BCUT2D eigenvalue weighted by Gasteiger charge is -2.32. The van der Waals surface area contributed by atoms with Crippen LogP contribution in [0.25, 0.3) is 0 Å². The van der Waals surface area contributed by atoms with Crippen LogP contribution >= 0.6 is 0 Å². The fourth-order valence-corrected chi connectivity index (χ4v) is 6.11. The summed E-state index contributed by atoms with van der Waals surface area (Å²) in [4.78, 5) is 45.0. The summed E-state index contributed by atoms with van der Waals surface area (Å²) in [7, 11) is 0. The molecule has 29 heavy (non-hydrogen) atoms. The average Bonchev–Trinajstić information content (AvgIpc) is 3.48. The molecule has 0 bridgehead atoms. The lowest BCUT2D eigenvalue weighted by atomic mass is 9.79. The Morgan fingerprint density at radius 2 is 1.52 bits per heavy atom. The summed E-state index contributed by atoms with van der Waals surface area (Å²) in [6.07, 6.45) is 8.86. The van der Waals surface area contributed by atoms with Gasteiger partial charge in [-0.3, -0.25) is 14.4 Å². The second-order valence-electron chi connectivity index (χ2n) is 10.2. The molecule has 0 spiro atoms. The Labute approximate surface area is 175 Å². The number of amides is 3. The number of fused-ring (bicyclic) bond motifs is 1. The molecule has 3 aliphatic heterocycles. The maximum absolute atomic E-state index is 13.6. The minimum Gasteiger partial charge on any atom is -0.342 e. The summed E-state index contributed by atoms with van der Waals surface area (Å²) in [5, 5.41) is 0. The van der Waals surface area contributed by atoms with Gasteiger partial charge in [-0.1, -0.05) is 39.5 Å². The second kappa shape index (κ2) is 8.27. The molecule has 1 aliphatic carbocycles. The van der Waals surface area contributed by atoms with Gasteiger partial charge in [-0.05, 0) is 25.2 Å². The third-order valence-corrected chi connectivity index (χ3v) is 7.83. The maximum Gasteiger partial charge on any atom is 0.232 e. The van der Waals surface area contributed by atoms with Crippen molar-refractivity contribution >= 4 is 17.7 Å². The van der Waals surface area contributed by atoms with Gasteiger partial charge in [0.15, 0.2) is 0 Å². The zero-order valence-corrected chi connectivity index (χ0v) is 18.2. The predicted molar refractivity (Wildman–Crippen MR) is 111 cm³/mol. The summed E-state index contributed by atoms with van der Waals surface area (Å²) >= 11 is 0. The van der Waals surface area contributed by atoms with E-state index in [0.717, 1.165) is 32.4 Å². The Kier molecular flexibility index (Phi) is 5.90. The van der Waals surface area contributed by atoms with E-state index in [-0.39, 0.29) is 29.6 Å². The molecule has 0 N–H and O–H groups in total. The monoisotopic (exact) mass is 403 g/mol. The second-order valence-corrected chi connectivity index (χ2v) is 10.2. The first-order chi connectivity index (χ1) is 13.9. The number of nitrogens with zero attached hydrogens (tertiary/aromatic N) is 3. The summed E-state index contributed by atoms with van der Waals surface area (Å²) in [6.45, 7) is 7.71. The number of likely N-dealkylation sites (tertiary alicyclic amines) is 3. The minimum atomic E-state index is -0.585. The molecule has 3 heterocycles. The molecule has 0 aromatic heterocycles. The molecular weight excluding hydrogens is 366 g/mol. The van der Waals surface area contributed by atoms with Crippen molar-refractivity contribution in [1.82, 2.24) is 14.7 Å². The number of hydrogen-bond donors (Lipinski definition) is 0. The average molecular weight is 404 g/mol. The minimum absolute atomic E-state index is 0.0584. The van der Waals surface area contributed by atoms with Crippen molar-refractivity contribution < 1.29 is 14.4 Å². The highest BCUT2D eigenvalue weighted by Gasteiger charge is 2.60. The van der Waals surface area contributed by atoms with Crippen LogP contribution in [0.15, 0.2) is 0 Å². The first-order valence-corrected chi connectivity index (χ1v) is 11.8. The van der Waals surface area contributed by atoms with E-state index in [1.807, 2.05) is 28.5 Å². The summed E-state index contributed by atoms with van der Waals surface area (Å²) in [5.74, 6) is 1.25. The normalized spacial score (nSPS) is 29.9.